The molecule has 1 saturated heterocycles. The number of nitrogens with zero attached hydrogens (tertiary/aromatic N) is 1. The van der Waals surface area contributed by atoms with Gasteiger partial charge in [-0.2, -0.15) is 0 Å². The maximum atomic E-state index is 11.6. The van der Waals surface area contributed by atoms with Crippen LogP contribution < -0.4 is 5.32 Å². The Balaban J connectivity index is 2.50. The highest BCUT2D eigenvalue weighted by molar-refractivity contribution is 5.70. The number of rotatable bonds is 7. The molecule has 0 amide bonds. The van der Waals surface area contributed by atoms with Gasteiger partial charge < -0.3 is 10.1 Å². The van der Waals surface area contributed by atoms with Crippen molar-refractivity contribution < 1.29 is 9.53 Å². The van der Waals surface area contributed by atoms with E-state index in [2.05, 4.69) is 24.1 Å². The molecule has 1 N–H and O–H groups in total. The Kier molecular flexibility index (Phi) is 7.28. The molecule has 4 nitrogen and oxygen atoms in total. The number of ether oxygens (including phenoxy) is 1. The van der Waals surface area contributed by atoms with Crippen LogP contribution in [-0.4, -0.2) is 49.2 Å². The Bertz CT molecular complexity index is 240. The number of hydrogen-bond acceptors (Lipinski definition) is 4. The summed E-state index contributed by atoms with van der Waals surface area (Å²) in [5.74, 6) is -0.0694. The monoisotopic (exact) mass is 256 g/mol. The van der Waals surface area contributed by atoms with E-state index in [1.54, 1.807) is 0 Å². The van der Waals surface area contributed by atoms with Gasteiger partial charge in [-0.25, -0.2) is 0 Å². The average molecular weight is 256 g/mol. The summed E-state index contributed by atoms with van der Waals surface area (Å²) in [7, 11) is 0. The van der Waals surface area contributed by atoms with Gasteiger partial charge in [-0.1, -0.05) is 6.92 Å². The number of hydrogen-bond donors (Lipinski definition) is 1. The highest BCUT2D eigenvalue weighted by Gasteiger charge is 2.26. The van der Waals surface area contributed by atoms with Crippen molar-refractivity contribution in [2.75, 3.05) is 26.2 Å². The Labute approximate surface area is 111 Å². The summed E-state index contributed by atoms with van der Waals surface area (Å²) < 4.78 is 5.05. The van der Waals surface area contributed by atoms with Crippen LogP contribution in [0.25, 0.3) is 0 Å². The molecular formula is C14H28N2O2. The lowest BCUT2D eigenvalue weighted by molar-refractivity contribution is -0.144. The van der Waals surface area contributed by atoms with Gasteiger partial charge in [-0.3, -0.25) is 9.69 Å². The van der Waals surface area contributed by atoms with E-state index in [9.17, 15) is 4.79 Å². The van der Waals surface area contributed by atoms with E-state index >= 15 is 0 Å². The maximum absolute atomic E-state index is 11.6. The normalized spacial score (nSPS) is 18.9. The molecule has 1 rings (SSSR count). The molecule has 0 spiro atoms. The molecule has 1 unspecified atom stereocenters. The predicted molar refractivity (Wildman–Crippen MR) is 73.6 cm³/mol. The standard InChI is InChI=1S/C14H28N2O2/c1-4-10-16(13-6-8-15-9-7-13)12(3)11-14(17)18-5-2/h12-13,15H,4-11H2,1-3H3. The van der Waals surface area contributed by atoms with Gasteiger partial charge in [0.05, 0.1) is 13.0 Å². The second-order valence-corrected chi connectivity index (χ2v) is 5.08. The highest BCUT2D eigenvalue weighted by atomic mass is 16.5. The van der Waals surface area contributed by atoms with Gasteiger partial charge in [0.2, 0.25) is 0 Å². The lowest BCUT2D eigenvalue weighted by Gasteiger charge is -2.38. The minimum Gasteiger partial charge on any atom is -0.466 e. The largest absolute Gasteiger partial charge is 0.466 e. The molecule has 0 aromatic carbocycles. The van der Waals surface area contributed by atoms with Crippen molar-refractivity contribution in [1.29, 1.82) is 0 Å². The van der Waals surface area contributed by atoms with Crippen LogP contribution >= 0.6 is 0 Å². The van der Waals surface area contributed by atoms with E-state index in [4.69, 9.17) is 4.74 Å². The quantitative estimate of drug-likeness (QED) is 0.705. The highest BCUT2D eigenvalue weighted by Crippen LogP contribution is 2.17. The second kappa shape index (κ2) is 8.48. The molecule has 0 aromatic heterocycles. The number of nitrogens with one attached hydrogen (secondary N) is 1. The Morgan fingerprint density at radius 2 is 2.06 bits per heavy atom. The van der Waals surface area contributed by atoms with Crippen molar-refractivity contribution in [3.05, 3.63) is 0 Å². The van der Waals surface area contributed by atoms with E-state index in [0.29, 0.717) is 19.1 Å². The SMILES string of the molecule is CCCN(C(C)CC(=O)OCC)C1CCNCC1. The molecule has 1 heterocycles. The van der Waals surface area contributed by atoms with Crippen LogP contribution in [0.4, 0.5) is 0 Å². The molecule has 0 radical (unpaired) electrons. The Morgan fingerprint density at radius 1 is 1.39 bits per heavy atom. The van der Waals surface area contributed by atoms with E-state index in [0.717, 1.165) is 26.1 Å². The second-order valence-electron chi connectivity index (χ2n) is 5.08. The topological polar surface area (TPSA) is 41.6 Å². The van der Waals surface area contributed by atoms with Crippen LogP contribution in [0.1, 0.15) is 46.5 Å². The maximum Gasteiger partial charge on any atom is 0.307 e. The van der Waals surface area contributed by atoms with E-state index in [-0.39, 0.29) is 12.0 Å². The zero-order chi connectivity index (χ0) is 13.4. The number of carbonyl (C=O) groups is 1. The first-order valence-electron chi connectivity index (χ1n) is 7.31. The van der Waals surface area contributed by atoms with Crippen LogP contribution in [0.5, 0.6) is 0 Å². The van der Waals surface area contributed by atoms with Crippen molar-refractivity contribution in [2.45, 2.75) is 58.5 Å². The molecule has 0 aromatic rings. The Morgan fingerprint density at radius 3 is 2.61 bits per heavy atom. The molecule has 0 saturated carbocycles. The summed E-state index contributed by atoms with van der Waals surface area (Å²) in [5.41, 5.74) is 0. The number of piperidine rings is 1. The molecule has 4 heteroatoms. The van der Waals surface area contributed by atoms with Crippen LogP contribution in [0.3, 0.4) is 0 Å². The summed E-state index contributed by atoms with van der Waals surface area (Å²) >= 11 is 0. The summed E-state index contributed by atoms with van der Waals surface area (Å²) in [4.78, 5) is 14.1. The molecule has 1 fully saturated rings. The van der Waals surface area contributed by atoms with Gasteiger partial charge in [0, 0.05) is 12.1 Å². The zero-order valence-corrected chi connectivity index (χ0v) is 12.1. The first kappa shape index (κ1) is 15.4. The number of carbonyl (C=O) groups excluding carboxylic acids is 1. The zero-order valence-electron chi connectivity index (χ0n) is 12.1. The fourth-order valence-electron chi connectivity index (χ4n) is 2.74. The lowest BCUT2D eigenvalue weighted by Crippen LogP contribution is -2.48. The Hall–Kier alpha value is -0.610. The summed E-state index contributed by atoms with van der Waals surface area (Å²) in [6.07, 6.45) is 4.02. The van der Waals surface area contributed by atoms with Gasteiger partial charge in [0.1, 0.15) is 0 Å². The third-order valence-corrected chi connectivity index (χ3v) is 3.59. The van der Waals surface area contributed by atoms with Crippen molar-refractivity contribution in [2.24, 2.45) is 0 Å². The number of esters is 1. The van der Waals surface area contributed by atoms with Gasteiger partial charge in [0.25, 0.3) is 0 Å². The molecule has 0 bridgehead atoms. The summed E-state index contributed by atoms with van der Waals surface area (Å²) in [5, 5.41) is 3.39. The first-order chi connectivity index (χ1) is 8.69. The van der Waals surface area contributed by atoms with Crippen molar-refractivity contribution in [3.8, 4) is 0 Å². The molecule has 18 heavy (non-hydrogen) atoms. The fourth-order valence-corrected chi connectivity index (χ4v) is 2.74. The molecule has 1 aliphatic rings. The van der Waals surface area contributed by atoms with E-state index in [1.165, 1.54) is 12.8 Å². The lowest BCUT2D eigenvalue weighted by atomic mass is 10.0. The molecule has 0 aliphatic carbocycles. The van der Waals surface area contributed by atoms with Gasteiger partial charge in [0.15, 0.2) is 0 Å². The summed E-state index contributed by atoms with van der Waals surface area (Å²) in [6.45, 7) is 9.95. The van der Waals surface area contributed by atoms with Crippen molar-refractivity contribution >= 4 is 5.97 Å². The van der Waals surface area contributed by atoms with Crippen LogP contribution in [0, 0.1) is 0 Å². The van der Waals surface area contributed by atoms with E-state index in [1.807, 2.05) is 6.92 Å². The van der Waals surface area contributed by atoms with Crippen LogP contribution in [0.2, 0.25) is 0 Å². The average Bonchev–Trinajstić information content (AvgIpc) is 2.37. The molecular weight excluding hydrogens is 228 g/mol. The predicted octanol–water partition coefficient (Wildman–Crippen LogP) is 1.79. The van der Waals surface area contributed by atoms with Gasteiger partial charge >= 0.3 is 5.97 Å². The van der Waals surface area contributed by atoms with Crippen molar-refractivity contribution in [3.63, 3.8) is 0 Å². The molecule has 1 atom stereocenters. The minimum absolute atomic E-state index is 0.0694. The van der Waals surface area contributed by atoms with E-state index < -0.39 is 0 Å². The smallest absolute Gasteiger partial charge is 0.307 e. The minimum atomic E-state index is -0.0694. The fraction of sp³-hybridized carbons (Fsp3) is 0.929. The summed E-state index contributed by atoms with van der Waals surface area (Å²) in [6, 6.07) is 0.905. The van der Waals surface area contributed by atoms with Gasteiger partial charge in [-0.05, 0) is 52.7 Å². The third kappa shape index (κ3) is 4.94. The molecule has 106 valence electrons. The van der Waals surface area contributed by atoms with Crippen molar-refractivity contribution in [1.82, 2.24) is 10.2 Å². The molecule has 1 aliphatic heterocycles. The van der Waals surface area contributed by atoms with Crippen LogP contribution in [-0.2, 0) is 9.53 Å². The third-order valence-electron chi connectivity index (χ3n) is 3.59. The first-order valence-corrected chi connectivity index (χ1v) is 7.31. The van der Waals surface area contributed by atoms with Gasteiger partial charge in [-0.15, -0.1) is 0 Å². The van der Waals surface area contributed by atoms with Crippen LogP contribution in [0.15, 0.2) is 0 Å².